The number of carbonyl (C=O) groups excluding carboxylic acids is 1. The normalized spacial score (nSPS) is 11.1. The summed E-state index contributed by atoms with van der Waals surface area (Å²) in [7, 11) is 1.66. The van der Waals surface area contributed by atoms with Crippen molar-refractivity contribution in [2.75, 3.05) is 32.1 Å². The third-order valence-electron chi connectivity index (χ3n) is 4.99. The van der Waals surface area contributed by atoms with Crippen molar-refractivity contribution in [3.05, 3.63) is 46.6 Å². The van der Waals surface area contributed by atoms with Crippen molar-refractivity contribution in [3.8, 4) is 5.75 Å². The summed E-state index contributed by atoms with van der Waals surface area (Å²) in [5, 5.41) is 13.6. The third kappa shape index (κ3) is 4.71. The van der Waals surface area contributed by atoms with Gasteiger partial charge in [0.05, 0.1) is 24.0 Å². The molecule has 8 heteroatoms. The second-order valence-electron chi connectivity index (χ2n) is 7.30. The van der Waals surface area contributed by atoms with Crippen molar-refractivity contribution in [1.29, 1.82) is 0 Å². The van der Waals surface area contributed by atoms with Gasteiger partial charge in [-0.1, -0.05) is 12.1 Å². The molecule has 0 unspecified atom stereocenters. The molecule has 0 saturated heterocycles. The van der Waals surface area contributed by atoms with Gasteiger partial charge in [-0.3, -0.25) is 4.79 Å². The van der Waals surface area contributed by atoms with E-state index >= 15 is 0 Å². The average Bonchev–Trinajstić information content (AvgIpc) is 3.09. The molecule has 0 bridgehead atoms. The SMILES string of the molecule is COc1cccc(CCNc2ncnc3sc(C(=O)N(CCO)C(C)C)c(C)c23)c1. The first-order chi connectivity index (χ1) is 14.5. The molecule has 1 aromatic carbocycles. The number of hydrogen-bond acceptors (Lipinski definition) is 7. The van der Waals surface area contributed by atoms with Crippen molar-refractivity contribution in [1.82, 2.24) is 14.9 Å². The third-order valence-corrected chi connectivity index (χ3v) is 6.17. The fourth-order valence-electron chi connectivity index (χ4n) is 3.40. The Bertz CT molecular complexity index is 1020. The fourth-order valence-corrected chi connectivity index (χ4v) is 4.50. The van der Waals surface area contributed by atoms with Crippen LogP contribution in [-0.2, 0) is 6.42 Å². The molecule has 0 aliphatic carbocycles. The van der Waals surface area contributed by atoms with Gasteiger partial charge in [0, 0.05) is 19.1 Å². The van der Waals surface area contributed by atoms with Crippen molar-refractivity contribution < 1.29 is 14.6 Å². The molecule has 7 nitrogen and oxygen atoms in total. The first-order valence-corrected chi connectivity index (χ1v) is 10.8. The van der Waals surface area contributed by atoms with E-state index in [-0.39, 0.29) is 18.6 Å². The zero-order valence-corrected chi connectivity index (χ0v) is 18.6. The fraction of sp³-hybridized carbons (Fsp3) is 0.409. The summed E-state index contributed by atoms with van der Waals surface area (Å²) in [6.45, 7) is 6.76. The number of aryl methyl sites for hydroxylation is 1. The summed E-state index contributed by atoms with van der Waals surface area (Å²) in [6.07, 6.45) is 2.34. The number of aromatic nitrogens is 2. The minimum absolute atomic E-state index is 0.000746. The van der Waals surface area contributed by atoms with Crippen molar-refractivity contribution >= 4 is 33.3 Å². The second kappa shape index (κ2) is 9.86. The number of anilines is 1. The monoisotopic (exact) mass is 428 g/mol. The van der Waals surface area contributed by atoms with Gasteiger partial charge in [0.1, 0.15) is 22.7 Å². The van der Waals surface area contributed by atoms with Gasteiger partial charge in [0.2, 0.25) is 0 Å². The molecule has 0 spiro atoms. The van der Waals surface area contributed by atoms with Crippen LogP contribution in [-0.4, -0.2) is 58.7 Å². The first kappa shape index (κ1) is 22.0. The van der Waals surface area contributed by atoms with Crippen LogP contribution in [0.5, 0.6) is 5.75 Å². The van der Waals surface area contributed by atoms with Crippen molar-refractivity contribution in [3.63, 3.8) is 0 Å². The number of carbonyl (C=O) groups is 1. The maximum absolute atomic E-state index is 13.1. The van der Waals surface area contributed by atoms with Gasteiger partial charge in [-0.25, -0.2) is 9.97 Å². The molecule has 160 valence electrons. The zero-order chi connectivity index (χ0) is 21.7. The Morgan fingerprint density at radius 1 is 1.33 bits per heavy atom. The van der Waals surface area contributed by atoms with Crippen LogP contribution < -0.4 is 10.1 Å². The molecular formula is C22H28N4O3S. The number of methoxy groups -OCH3 is 1. The molecule has 0 fully saturated rings. The van der Waals surface area contributed by atoms with Crippen LogP contribution in [0.3, 0.4) is 0 Å². The molecule has 1 amide bonds. The zero-order valence-electron chi connectivity index (χ0n) is 17.8. The van der Waals surface area contributed by atoms with Crippen LogP contribution in [0.15, 0.2) is 30.6 Å². The highest BCUT2D eigenvalue weighted by Gasteiger charge is 2.24. The number of amides is 1. The van der Waals surface area contributed by atoms with Gasteiger partial charge >= 0.3 is 0 Å². The summed E-state index contributed by atoms with van der Waals surface area (Å²) in [6, 6.07) is 7.99. The largest absolute Gasteiger partial charge is 0.497 e. The minimum atomic E-state index is -0.0816. The Hall–Kier alpha value is -2.71. The summed E-state index contributed by atoms with van der Waals surface area (Å²) in [5.41, 5.74) is 2.04. The molecule has 2 heterocycles. The highest BCUT2D eigenvalue weighted by molar-refractivity contribution is 7.20. The molecule has 30 heavy (non-hydrogen) atoms. The molecule has 0 aliphatic heterocycles. The topological polar surface area (TPSA) is 87.6 Å². The average molecular weight is 429 g/mol. The van der Waals surface area contributed by atoms with E-state index in [2.05, 4.69) is 21.4 Å². The van der Waals surface area contributed by atoms with Gasteiger partial charge in [0.15, 0.2) is 0 Å². The number of nitrogens with one attached hydrogen (secondary N) is 1. The summed E-state index contributed by atoms with van der Waals surface area (Å²) in [4.78, 5) is 25.0. The minimum Gasteiger partial charge on any atom is -0.497 e. The Morgan fingerprint density at radius 3 is 2.83 bits per heavy atom. The highest BCUT2D eigenvalue weighted by Crippen LogP contribution is 2.34. The summed E-state index contributed by atoms with van der Waals surface area (Å²) in [5.74, 6) is 1.49. The lowest BCUT2D eigenvalue weighted by atomic mass is 10.1. The van der Waals surface area contributed by atoms with Crippen LogP contribution in [0.2, 0.25) is 0 Å². The number of aliphatic hydroxyl groups excluding tert-OH is 1. The predicted molar refractivity (Wildman–Crippen MR) is 121 cm³/mol. The number of benzene rings is 1. The number of fused-ring (bicyclic) bond motifs is 1. The molecule has 3 rings (SSSR count). The van der Waals surface area contributed by atoms with Crippen LogP contribution in [0.4, 0.5) is 5.82 Å². The van der Waals surface area contributed by atoms with Gasteiger partial charge in [-0.15, -0.1) is 11.3 Å². The summed E-state index contributed by atoms with van der Waals surface area (Å²) >= 11 is 1.37. The Labute approximate surface area is 180 Å². The van der Waals surface area contributed by atoms with E-state index in [1.807, 2.05) is 39.0 Å². The second-order valence-corrected chi connectivity index (χ2v) is 8.30. The van der Waals surface area contributed by atoms with Gasteiger partial charge in [-0.2, -0.15) is 0 Å². The molecule has 0 atom stereocenters. The number of aliphatic hydroxyl groups is 1. The first-order valence-electron chi connectivity index (χ1n) is 9.99. The van der Waals surface area contributed by atoms with Crippen LogP contribution in [0.25, 0.3) is 10.2 Å². The lowest BCUT2D eigenvalue weighted by Crippen LogP contribution is -2.38. The quantitative estimate of drug-likeness (QED) is 0.542. The van der Waals surface area contributed by atoms with E-state index in [4.69, 9.17) is 4.74 Å². The number of thiophene rings is 1. The number of nitrogens with zero attached hydrogens (tertiary/aromatic N) is 3. The smallest absolute Gasteiger partial charge is 0.264 e. The van der Waals surface area contributed by atoms with Gasteiger partial charge in [-0.05, 0) is 50.5 Å². The van der Waals surface area contributed by atoms with E-state index in [1.54, 1.807) is 12.0 Å². The van der Waals surface area contributed by atoms with E-state index < -0.39 is 0 Å². The lowest BCUT2D eigenvalue weighted by Gasteiger charge is -2.25. The Morgan fingerprint density at radius 2 is 2.13 bits per heavy atom. The molecule has 2 N–H and O–H groups in total. The van der Waals surface area contributed by atoms with Crippen LogP contribution in [0, 0.1) is 6.92 Å². The van der Waals surface area contributed by atoms with E-state index in [1.165, 1.54) is 23.2 Å². The van der Waals surface area contributed by atoms with E-state index in [9.17, 15) is 9.90 Å². The Balaban J connectivity index is 1.82. The maximum Gasteiger partial charge on any atom is 0.264 e. The van der Waals surface area contributed by atoms with Crippen LogP contribution in [0.1, 0.15) is 34.6 Å². The van der Waals surface area contributed by atoms with E-state index in [0.717, 1.165) is 33.8 Å². The predicted octanol–water partition coefficient (Wildman–Crippen LogP) is 3.51. The van der Waals surface area contributed by atoms with Gasteiger partial charge in [0.25, 0.3) is 5.91 Å². The summed E-state index contributed by atoms with van der Waals surface area (Å²) < 4.78 is 5.28. The van der Waals surface area contributed by atoms with Crippen LogP contribution >= 0.6 is 11.3 Å². The number of rotatable bonds is 9. The molecule has 0 aliphatic rings. The van der Waals surface area contributed by atoms with E-state index in [0.29, 0.717) is 18.0 Å². The Kier molecular flexibility index (Phi) is 7.23. The molecule has 0 radical (unpaired) electrons. The van der Waals surface area contributed by atoms with Crippen molar-refractivity contribution in [2.24, 2.45) is 0 Å². The lowest BCUT2D eigenvalue weighted by molar-refractivity contribution is 0.0670. The molecular weight excluding hydrogens is 400 g/mol. The van der Waals surface area contributed by atoms with Gasteiger partial charge < -0.3 is 20.1 Å². The molecule has 0 saturated carbocycles. The number of hydrogen-bond donors (Lipinski definition) is 2. The molecule has 2 aromatic heterocycles. The highest BCUT2D eigenvalue weighted by atomic mass is 32.1. The maximum atomic E-state index is 13.1. The molecule has 3 aromatic rings. The van der Waals surface area contributed by atoms with Crippen molar-refractivity contribution in [2.45, 2.75) is 33.2 Å². The number of ether oxygens (including phenoxy) is 1. The standard InChI is InChI=1S/C22H28N4O3S/c1-14(2)26(10-11-27)22(28)19-15(3)18-20(24-13-25-21(18)30-19)23-9-8-16-6-5-7-17(12-16)29-4/h5-7,12-14,27H,8-11H2,1-4H3,(H,23,24,25).